The zero-order valence-electron chi connectivity index (χ0n) is 10.6. The van der Waals surface area contributed by atoms with E-state index in [2.05, 4.69) is 11.8 Å². The van der Waals surface area contributed by atoms with Crippen LogP contribution in [-0.4, -0.2) is 31.5 Å². The predicted octanol–water partition coefficient (Wildman–Crippen LogP) is 1.97. The first kappa shape index (κ1) is 14.5. The monoisotopic (exact) mass is 252 g/mol. The first-order valence-corrected chi connectivity index (χ1v) is 5.72. The number of halogens is 1. The summed E-state index contributed by atoms with van der Waals surface area (Å²) in [6.07, 6.45) is 0.294. The highest BCUT2D eigenvalue weighted by molar-refractivity contribution is 5.40. The molecule has 0 saturated heterocycles. The Morgan fingerprint density at radius 3 is 2.89 bits per heavy atom. The molecule has 1 unspecified atom stereocenters. The summed E-state index contributed by atoms with van der Waals surface area (Å²) in [6.45, 7) is 2.13. The molecule has 1 atom stereocenters. The SMILES string of the molecule is COC(C)COc1cc(C#CCCO)ccc1F. The van der Waals surface area contributed by atoms with Crippen molar-refractivity contribution in [2.45, 2.75) is 19.4 Å². The van der Waals surface area contributed by atoms with Gasteiger partial charge in [-0.15, -0.1) is 0 Å². The van der Waals surface area contributed by atoms with E-state index >= 15 is 0 Å². The van der Waals surface area contributed by atoms with Gasteiger partial charge in [-0.05, 0) is 25.1 Å². The molecule has 0 saturated carbocycles. The van der Waals surface area contributed by atoms with Gasteiger partial charge in [-0.25, -0.2) is 4.39 Å². The molecule has 1 N–H and O–H groups in total. The van der Waals surface area contributed by atoms with Gasteiger partial charge in [0.25, 0.3) is 0 Å². The van der Waals surface area contributed by atoms with Gasteiger partial charge in [-0.2, -0.15) is 0 Å². The second-order valence-corrected chi connectivity index (χ2v) is 3.78. The van der Waals surface area contributed by atoms with Crippen molar-refractivity contribution in [3.63, 3.8) is 0 Å². The van der Waals surface area contributed by atoms with Gasteiger partial charge in [0.15, 0.2) is 11.6 Å². The number of benzene rings is 1. The van der Waals surface area contributed by atoms with Crippen molar-refractivity contribution in [1.29, 1.82) is 0 Å². The second-order valence-electron chi connectivity index (χ2n) is 3.78. The maximum absolute atomic E-state index is 13.5. The van der Waals surface area contributed by atoms with Gasteiger partial charge in [0.1, 0.15) is 6.61 Å². The molecule has 0 aromatic heterocycles. The van der Waals surface area contributed by atoms with Crippen molar-refractivity contribution in [2.24, 2.45) is 0 Å². The maximum atomic E-state index is 13.5. The largest absolute Gasteiger partial charge is 0.488 e. The number of hydrogen-bond acceptors (Lipinski definition) is 3. The highest BCUT2D eigenvalue weighted by Gasteiger charge is 2.06. The van der Waals surface area contributed by atoms with E-state index in [1.54, 1.807) is 19.2 Å². The summed E-state index contributed by atoms with van der Waals surface area (Å²) < 4.78 is 23.8. The van der Waals surface area contributed by atoms with E-state index in [0.717, 1.165) is 0 Å². The average molecular weight is 252 g/mol. The van der Waals surface area contributed by atoms with Crippen LogP contribution in [0, 0.1) is 17.7 Å². The van der Waals surface area contributed by atoms with Crippen LogP contribution in [-0.2, 0) is 4.74 Å². The molecule has 0 aliphatic carbocycles. The fourth-order valence-electron chi connectivity index (χ4n) is 1.19. The molecule has 0 amide bonds. The third kappa shape index (κ3) is 4.74. The number of hydrogen-bond donors (Lipinski definition) is 1. The van der Waals surface area contributed by atoms with E-state index in [9.17, 15) is 4.39 Å². The summed E-state index contributed by atoms with van der Waals surface area (Å²) in [6, 6.07) is 4.43. The second kappa shape index (κ2) is 7.70. The third-order valence-corrected chi connectivity index (χ3v) is 2.28. The molecule has 1 rings (SSSR count). The van der Waals surface area contributed by atoms with Crippen LogP contribution < -0.4 is 4.74 Å². The molecule has 0 spiro atoms. The summed E-state index contributed by atoms with van der Waals surface area (Å²) in [5, 5.41) is 8.61. The molecule has 0 aliphatic rings. The summed E-state index contributed by atoms with van der Waals surface area (Å²) in [5.74, 6) is 5.34. The fourth-order valence-corrected chi connectivity index (χ4v) is 1.19. The Hall–Kier alpha value is -1.57. The van der Waals surface area contributed by atoms with Crippen molar-refractivity contribution in [2.75, 3.05) is 20.3 Å². The van der Waals surface area contributed by atoms with Crippen molar-refractivity contribution in [1.82, 2.24) is 0 Å². The molecule has 1 aromatic carbocycles. The van der Waals surface area contributed by atoms with Crippen LogP contribution in [0.25, 0.3) is 0 Å². The summed E-state index contributed by atoms with van der Waals surface area (Å²) in [4.78, 5) is 0. The van der Waals surface area contributed by atoms with E-state index in [1.807, 2.05) is 6.92 Å². The van der Waals surface area contributed by atoms with E-state index < -0.39 is 5.82 Å². The van der Waals surface area contributed by atoms with E-state index in [4.69, 9.17) is 14.6 Å². The molecule has 4 heteroatoms. The fraction of sp³-hybridized carbons (Fsp3) is 0.429. The molecule has 18 heavy (non-hydrogen) atoms. The number of aliphatic hydroxyl groups is 1. The topological polar surface area (TPSA) is 38.7 Å². The lowest BCUT2D eigenvalue weighted by Crippen LogP contribution is -2.16. The Morgan fingerprint density at radius 2 is 2.22 bits per heavy atom. The van der Waals surface area contributed by atoms with Crippen LogP contribution in [0.1, 0.15) is 18.9 Å². The van der Waals surface area contributed by atoms with Gasteiger partial charge >= 0.3 is 0 Å². The first-order valence-electron chi connectivity index (χ1n) is 5.72. The van der Waals surface area contributed by atoms with Gasteiger partial charge in [-0.3, -0.25) is 0 Å². The lowest BCUT2D eigenvalue weighted by atomic mass is 10.2. The van der Waals surface area contributed by atoms with Crippen molar-refractivity contribution in [3.8, 4) is 17.6 Å². The summed E-state index contributed by atoms with van der Waals surface area (Å²) in [7, 11) is 1.57. The van der Waals surface area contributed by atoms with Crippen LogP contribution in [0.4, 0.5) is 4.39 Å². The summed E-state index contributed by atoms with van der Waals surface area (Å²) in [5.41, 5.74) is 0.657. The molecule has 0 aliphatic heterocycles. The van der Waals surface area contributed by atoms with Gasteiger partial charge in [0.2, 0.25) is 0 Å². The number of methoxy groups -OCH3 is 1. The number of rotatable bonds is 5. The minimum atomic E-state index is -0.425. The minimum Gasteiger partial charge on any atom is -0.488 e. The molecule has 1 aromatic rings. The van der Waals surface area contributed by atoms with E-state index in [1.165, 1.54) is 6.07 Å². The molecular weight excluding hydrogens is 235 g/mol. The Kier molecular flexibility index (Phi) is 6.20. The lowest BCUT2D eigenvalue weighted by molar-refractivity contribution is 0.0702. The third-order valence-electron chi connectivity index (χ3n) is 2.28. The number of aliphatic hydroxyl groups excluding tert-OH is 1. The highest BCUT2D eigenvalue weighted by atomic mass is 19.1. The standard InChI is InChI=1S/C14H17FO3/c1-11(17-2)10-18-14-9-12(5-3-4-8-16)6-7-13(14)15/h6-7,9,11,16H,4,8,10H2,1-2H3. The molecule has 0 heterocycles. The van der Waals surface area contributed by atoms with Crippen LogP contribution in [0.2, 0.25) is 0 Å². The smallest absolute Gasteiger partial charge is 0.165 e. The molecular formula is C14H17FO3. The van der Waals surface area contributed by atoms with Crippen LogP contribution in [0.15, 0.2) is 18.2 Å². The van der Waals surface area contributed by atoms with Crippen LogP contribution in [0.3, 0.4) is 0 Å². The van der Waals surface area contributed by atoms with Crippen LogP contribution in [0.5, 0.6) is 5.75 Å². The zero-order valence-corrected chi connectivity index (χ0v) is 10.6. The Balaban J connectivity index is 2.72. The summed E-state index contributed by atoms with van der Waals surface area (Å²) >= 11 is 0. The maximum Gasteiger partial charge on any atom is 0.165 e. The normalized spacial score (nSPS) is 11.6. The first-order chi connectivity index (χ1) is 8.67. The zero-order chi connectivity index (χ0) is 13.4. The van der Waals surface area contributed by atoms with E-state index in [-0.39, 0.29) is 25.1 Å². The van der Waals surface area contributed by atoms with Crippen molar-refractivity contribution >= 4 is 0 Å². The average Bonchev–Trinajstić information content (AvgIpc) is 2.39. The van der Waals surface area contributed by atoms with Gasteiger partial charge in [0, 0.05) is 19.1 Å². The molecule has 3 nitrogen and oxygen atoms in total. The number of ether oxygens (including phenoxy) is 2. The molecule has 0 fully saturated rings. The van der Waals surface area contributed by atoms with Gasteiger partial charge in [-0.1, -0.05) is 11.8 Å². The van der Waals surface area contributed by atoms with Crippen LogP contribution >= 0.6 is 0 Å². The Bertz CT molecular complexity index is 434. The van der Waals surface area contributed by atoms with Gasteiger partial charge < -0.3 is 14.6 Å². The quantitative estimate of drug-likeness (QED) is 0.814. The predicted molar refractivity (Wildman–Crippen MR) is 66.9 cm³/mol. The van der Waals surface area contributed by atoms with E-state index in [0.29, 0.717) is 12.0 Å². The van der Waals surface area contributed by atoms with Gasteiger partial charge in [0.05, 0.1) is 12.7 Å². The highest BCUT2D eigenvalue weighted by Crippen LogP contribution is 2.18. The molecule has 0 bridgehead atoms. The minimum absolute atomic E-state index is 0.0168. The van der Waals surface area contributed by atoms with Crippen molar-refractivity contribution in [3.05, 3.63) is 29.6 Å². The molecule has 0 radical (unpaired) electrons. The Labute approximate surface area is 107 Å². The molecule has 98 valence electrons. The van der Waals surface area contributed by atoms with Crippen molar-refractivity contribution < 1.29 is 19.0 Å². The Morgan fingerprint density at radius 1 is 1.44 bits per heavy atom. The lowest BCUT2D eigenvalue weighted by Gasteiger charge is -2.12.